The molecule has 0 saturated heterocycles. The second-order valence-corrected chi connectivity index (χ2v) is 3.63. The number of ether oxygens (including phenoxy) is 1. The highest BCUT2D eigenvalue weighted by Gasteiger charge is 2.32. The third-order valence-corrected chi connectivity index (χ3v) is 2.72. The standard InChI is InChI=1S/C7H7F3IN3O/c8-7(9,10)15-4-2-14-3(1-12)5(11)6(4)13/h2H,1,12H2,(H2,13,14). The van der Waals surface area contributed by atoms with Crippen LogP contribution < -0.4 is 16.2 Å². The van der Waals surface area contributed by atoms with E-state index in [2.05, 4.69) is 9.72 Å². The average molecular weight is 333 g/mol. The first-order valence-electron chi connectivity index (χ1n) is 3.74. The van der Waals surface area contributed by atoms with E-state index in [0.29, 0.717) is 9.26 Å². The zero-order valence-corrected chi connectivity index (χ0v) is 9.46. The summed E-state index contributed by atoms with van der Waals surface area (Å²) in [5.41, 5.74) is 11.1. The summed E-state index contributed by atoms with van der Waals surface area (Å²) in [4.78, 5) is 3.70. The number of nitrogen functional groups attached to an aromatic ring is 1. The Morgan fingerprint density at radius 1 is 1.47 bits per heavy atom. The van der Waals surface area contributed by atoms with Gasteiger partial charge in [-0.2, -0.15) is 0 Å². The molecule has 4 nitrogen and oxygen atoms in total. The Bertz CT molecular complexity index is 369. The molecule has 0 atom stereocenters. The van der Waals surface area contributed by atoms with Crippen molar-refractivity contribution in [1.29, 1.82) is 0 Å². The summed E-state index contributed by atoms with van der Waals surface area (Å²) in [7, 11) is 0. The minimum absolute atomic E-state index is 0.106. The first-order chi connectivity index (χ1) is 6.85. The van der Waals surface area contributed by atoms with Crippen molar-refractivity contribution in [1.82, 2.24) is 4.98 Å². The molecule has 0 fully saturated rings. The van der Waals surface area contributed by atoms with Gasteiger partial charge in [-0.15, -0.1) is 13.2 Å². The Kier molecular flexibility index (Phi) is 3.60. The molecule has 0 aliphatic carbocycles. The van der Waals surface area contributed by atoms with Crippen LogP contribution in [0.4, 0.5) is 18.9 Å². The topological polar surface area (TPSA) is 74.2 Å². The molecule has 15 heavy (non-hydrogen) atoms. The van der Waals surface area contributed by atoms with E-state index in [1.165, 1.54) is 0 Å². The second kappa shape index (κ2) is 4.39. The zero-order chi connectivity index (χ0) is 11.6. The van der Waals surface area contributed by atoms with Gasteiger partial charge < -0.3 is 16.2 Å². The molecule has 0 aliphatic rings. The van der Waals surface area contributed by atoms with Crippen molar-refractivity contribution in [2.24, 2.45) is 5.73 Å². The summed E-state index contributed by atoms with van der Waals surface area (Å²) in [5, 5.41) is 0. The third kappa shape index (κ3) is 3.09. The number of nitrogens with two attached hydrogens (primary N) is 2. The van der Waals surface area contributed by atoms with E-state index in [1.807, 2.05) is 0 Å². The summed E-state index contributed by atoms with van der Waals surface area (Å²) in [6.07, 6.45) is -3.86. The van der Waals surface area contributed by atoms with Crippen molar-refractivity contribution < 1.29 is 17.9 Å². The van der Waals surface area contributed by atoms with Crippen molar-refractivity contribution in [2.45, 2.75) is 12.9 Å². The molecule has 8 heteroatoms. The second-order valence-electron chi connectivity index (χ2n) is 2.55. The molecular formula is C7H7F3IN3O. The van der Waals surface area contributed by atoms with E-state index in [9.17, 15) is 13.2 Å². The molecule has 0 amide bonds. The third-order valence-electron chi connectivity index (χ3n) is 1.51. The Balaban J connectivity index is 3.07. The number of nitrogens with zero attached hydrogens (tertiary/aromatic N) is 1. The van der Waals surface area contributed by atoms with Crippen LogP contribution in [0.2, 0.25) is 0 Å². The van der Waals surface area contributed by atoms with Crippen molar-refractivity contribution in [3.05, 3.63) is 15.5 Å². The number of anilines is 1. The van der Waals surface area contributed by atoms with Crippen LogP contribution >= 0.6 is 22.6 Å². The number of rotatable bonds is 2. The molecule has 0 spiro atoms. The summed E-state index contributed by atoms with van der Waals surface area (Å²) in [5.74, 6) is -0.510. The van der Waals surface area contributed by atoms with Gasteiger partial charge in [0.2, 0.25) is 0 Å². The van der Waals surface area contributed by atoms with E-state index in [4.69, 9.17) is 11.5 Å². The maximum absolute atomic E-state index is 11.9. The quantitative estimate of drug-likeness (QED) is 0.807. The molecule has 1 rings (SSSR count). The van der Waals surface area contributed by atoms with Crippen LogP contribution in [0.15, 0.2) is 6.20 Å². The van der Waals surface area contributed by atoms with Gasteiger partial charge in [0, 0.05) is 6.54 Å². The Morgan fingerprint density at radius 2 is 2.07 bits per heavy atom. The Morgan fingerprint density at radius 3 is 2.53 bits per heavy atom. The molecule has 4 N–H and O–H groups in total. The highest BCUT2D eigenvalue weighted by Crippen LogP contribution is 2.31. The largest absolute Gasteiger partial charge is 0.573 e. The minimum atomic E-state index is -4.77. The summed E-state index contributed by atoms with van der Waals surface area (Å²) >= 11 is 1.77. The van der Waals surface area contributed by atoms with Crippen molar-refractivity contribution >= 4 is 28.3 Å². The summed E-state index contributed by atoms with van der Waals surface area (Å²) in [6, 6.07) is 0. The lowest BCUT2D eigenvalue weighted by Gasteiger charge is -2.12. The van der Waals surface area contributed by atoms with Crippen LogP contribution in [-0.4, -0.2) is 11.3 Å². The van der Waals surface area contributed by atoms with Crippen molar-refractivity contribution in [3.63, 3.8) is 0 Å². The lowest BCUT2D eigenvalue weighted by atomic mass is 10.3. The van der Waals surface area contributed by atoms with Gasteiger partial charge in [-0.25, -0.2) is 0 Å². The van der Waals surface area contributed by atoms with E-state index in [1.54, 1.807) is 22.6 Å². The van der Waals surface area contributed by atoms with Crippen LogP contribution in [-0.2, 0) is 6.54 Å². The summed E-state index contributed by atoms with van der Waals surface area (Å²) in [6.45, 7) is 0.106. The maximum atomic E-state index is 11.9. The molecule has 0 aromatic carbocycles. The van der Waals surface area contributed by atoms with Gasteiger partial charge in [0.1, 0.15) is 0 Å². The SMILES string of the molecule is NCc1ncc(OC(F)(F)F)c(N)c1I. The molecule has 84 valence electrons. The van der Waals surface area contributed by atoms with E-state index in [-0.39, 0.29) is 12.2 Å². The van der Waals surface area contributed by atoms with Gasteiger partial charge in [-0.1, -0.05) is 0 Å². The van der Waals surface area contributed by atoms with Crippen LogP contribution in [0.25, 0.3) is 0 Å². The van der Waals surface area contributed by atoms with Crippen molar-refractivity contribution in [2.75, 3.05) is 5.73 Å². The molecule has 1 aromatic heterocycles. The molecule has 1 aromatic rings. The van der Waals surface area contributed by atoms with E-state index >= 15 is 0 Å². The van der Waals surface area contributed by atoms with Gasteiger partial charge in [0.05, 0.1) is 21.1 Å². The molecular weight excluding hydrogens is 326 g/mol. The number of pyridine rings is 1. The van der Waals surface area contributed by atoms with Gasteiger partial charge in [-0.05, 0) is 22.6 Å². The number of hydrogen-bond donors (Lipinski definition) is 2. The highest BCUT2D eigenvalue weighted by atomic mass is 127. The average Bonchev–Trinajstić information content (AvgIpc) is 2.11. The van der Waals surface area contributed by atoms with Gasteiger partial charge >= 0.3 is 6.36 Å². The number of aromatic nitrogens is 1. The lowest BCUT2D eigenvalue weighted by Crippen LogP contribution is -2.19. The Labute approximate surface area is 96.9 Å². The van der Waals surface area contributed by atoms with E-state index < -0.39 is 12.1 Å². The molecule has 1 heterocycles. The Hall–Kier alpha value is -0.770. The lowest BCUT2D eigenvalue weighted by molar-refractivity contribution is -0.274. The van der Waals surface area contributed by atoms with Crippen molar-refractivity contribution in [3.8, 4) is 5.75 Å². The first kappa shape index (κ1) is 12.3. The van der Waals surface area contributed by atoms with Gasteiger partial charge in [0.15, 0.2) is 5.75 Å². The molecule has 0 aliphatic heterocycles. The van der Waals surface area contributed by atoms with Gasteiger partial charge in [0.25, 0.3) is 0 Å². The monoisotopic (exact) mass is 333 g/mol. The minimum Gasteiger partial charge on any atom is -0.402 e. The molecule has 0 bridgehead atoms. The van der Waals surface area contributed by atoms with Crippen LogP contribution in [0.3, 0.4) is 0 Å². The number of halogens is 4. The normalized spacial score (nSPS) is 11.5. The zero-order valence-electron chi connectivity index (χ0n) is 7.31. The predicted octanol–water partition coefficient (Wildman–Crippen LogP) is 1.63. The fraction of sp³-hybridized carbons (Fsp3) is 0.286. The van der Waals surface area contributed by atoms with Gasteiger partial charge in [-0.3, -0.25) is 4.98 Å². The molecule has 0 radical (unpaired) electrons. The molecule has 0 saturated carbocycles. The highest BCUT2D eigenvalue weighted by molar-refractivity contribution is 14.1. The fourth-order valence-corrected chi connectivity index (χ4v) is 1.50. The molecule has 0 unspecified atom stereocenters. The smallest absolute Gasteiger partial charge is 0.402 e. The van der Waals surface area contributed by atoms with Crippen LogP contribution in [0, 0.1) is 3.57 Å². The van der Waals surface area contributed by atoms with Crippen LogP contribution in [0.1, 0.15) is 5.69 Å². The number of alkyl halides is 3. The van der Waals surface area contributed by atoms with E-state index in [0.717, 1.165) is 6.20 Å². The predicted molar refractivity (Wildman–Crippen MR) is 55.9 cm³/mol. The first-order valence-corrected chi connectivity index (χ1v) is 4.81. The maximum Gasteiger partial charge on any atom is 0.573 e. The summed E-state index contributed by atoms with van der Waals surface area (Å²) < 4.78 is 39.8. The van der Waals surface area contributed by atoms with Crippen LogP contribution in [0.5, 0.6) is 5.75 Å². The fourth-order valence-electron chi connectivity index (χ4n) is 0.875. The number of hydrogen-bond acceptors (Lipinski definition) is 4.